The van der Waals surface area contributed by atoms with Gasteiger partial charge in [-0.2, -0.15) is 5.10 Å². The molecule has 0 spiro atoms. The Bertz CT molecular complexity index is 936. The van der Waals surface area contributed by atoms with Crippen molar-refractivity contribution in [3.63, 3.8) is 0 Å². The zero-order chi connectivity index (χ0) is 18.7. The minimum absolute atomic E-state index is 0.257. The predicted octanol–water partition coefficient (Wildman–Crippen LogP) is 5.03. The summed E-state index contributed by atoms with van der Waals surface area (Å²) in [6.45, 7) is 2.01. The summed E-state index contributed by atoms with van der Waals surface area (Å²) in [6.07, 6.45) is 1.61. The lowest BCUT2D eigenvalue weighted by atomic mass is 10.1. The fraction of sp³-hybridized carbons (Fsp3) is 0.158. The van der Waals surface area contributed by atoms with E-state index in [1.165, 1.54) is 4.68 Å². The third-order valence-corrected chi connectivity index (χ3v) is 4.52. The number of carbonyl (C=O) groups is 1. The molecule has 0 unspecified atom stereocenters. The molecule has 1 aromatic heterocycles. The van der Waals surface area contributed by atoms with Crippen LogP contribution in [0.25, 0.3) is 16.8 Å². The van der Waals surface area contributed by atoms with Gasteiger partial charge in [-0.15, -0.1) is 0 Å². The second-order valence-corrected chi connectivity index (χ2v) is 6.18. The van der Waals surface area contributed by atoms with Crippen LogP contribution >= 0.6 is 23.2 Å². The third-order valence-electron chi connectivity index (χ3n) is 3.79. The Kier molecular flexibility index (Phi) is 5.49. The van der Waals surface area contributed by atoms with Crippen molar-refractivity contribution in [3.8, 4) is 22.6 Å². The average molecular weight is 391 g/mol. The average Bonchev–Trinajstić information content (AvgIpc) is 3.09. The normalized spacial score (nSPS) is 10.6. The second-order valence-electron chi connectivity index (χ2n) is 5.37. The van der Waals surface area contributed by atoms with Gasteiger partial charge in [0, 0.05) is 5.56 Å². The number of esters is 1. The van der Waals surface area contributed by atoms with Gasteiger partial charge in [0.2, 0.25) is 0 Å². The van der Waals surface area contributed by atoms with Gasteiger partial charge in [-0.25, -0.2) is 9.48 Å². The van der Waals surface area contributed by atoms with E-state index in [1.54, 1.807) is 50.6 Å². The number of benzene rings is 2. The van der Waals surface area contributed by atoms with Crippen molar-refractivity contribution in [1.82, 2.24) is 9.78 Å². The van der Waals surface area contributed by atoms with Crippen LogP contribution in [-0.4, -0.2) is 29.5 Å². The van der Waals surface area contributed by atoms with E-state index in [9.17, 15) is 4.79 Å². The van der Waals surface area contributed by atoms with Gasteiger partial charge in [0.1, 0.15) is 5.75 Å². The summed E-state index contributed by atoms with van der Waals surface area (Å²) >= 11 is 12.1. The maximum atomic E-state index is 12.6. The lowest BCUT2D eigenvalue weighted by molar-refractivity contribution is 0.0516. The van der Waals surface area contributed by atoms with Gasteiger partial charge >= 0.3 is 5.97 Å². The number of halogens is 2. The van der Waals surface area contributed by atoms with E-state index in [-0.39, 0.29) is 6.61 Å². The zero-order valence-electron chi connectivity index (χ0n) is 14.2. The predicted molar refractivity (Wildman–Crippen MR) is 102 cm³/mol. The number of hydrogen-bond acceptors (Lipinski definition) is 4. The van der Waals surface area contributed by atoms with Crippen LogP contribution < -0.4 is 4.74 Å². The first-order chi connectivity index (χ1) is 12.5. The summed E-state index contributed by atoms with van der Waals surface area (Å²) in [6, 6.07) is 12.4. The molecule has 0 amide bonds. The smallest absolute Gasteiger partial charge is 0.357 e. The van der Waals surface area contributed by atoms with Crippen LogP contribution in [-0.2, 0) is 4.74 Å². The Morgan fingerprint density at radius 1 is 1.12 bits per heavy atom. The summed E-state index contributed by atoms with van der Waals surface area (Å²) in [5.41, 5.74) is 2.36. The second kappa shape index (κ2) is 7.81. The van der Waals surface area contributed by atoms with Gasteiger partial charge in [-0.1, -0.05) is 29.3 Å². The van der Waals surface area contributed by atoms with Crippen molar-refractivity contribution in [3.05, 3.63) is 64.4 Å². The molecule has 1 heterocycles. The molecule has 0 aliphatic heterocycles. The number of carbonyl (C=O) groups excluding carboxylic acids is 1. The topological polar surface area (TPSA) is 53.3 Å². The van der Waals surface area contributed by atoms with Crippen LogP contribution in [0.5, 0.6) is 5.75 Å². The molecule has 2 aromatic carbocycles. The van der Waals surface area contributed by atoms with Gasteiger partial charge in [0.05, 0.1) is 35.6 Å². The number of ether oxygens (including phenoxy) is 2. The van der Waals surface area contributed by atoms with E-state index in [1.807, 2.05) is 12.1 Å². The summed E-state index contributed by atoms with van der Waals surface area (Å²) in [4.78, 5) is 12.6. The minimum Gasteiger partial charge on any atom is -0.497 e. The van der Waals surface area contributed by atoms with Crippen LogP contribution in [0, 0.1) is 0 Å². The molecule has 26 heavy (non-hydrogen) atoms. The molecule has 0 fully saturated rings. The van der Waals surface area contributed by atoms with Crippen LogP contribution in [0.4, 0.5) is 0 Å². The van der Waals surface area contributed by atoms with Gasteiger partial charge in [0.25, 0.3) is 0 Å². The molecule has 134 valence electrons. The number of aromatic nitrogens is 2. The van der Waals surface area contributed by atoms with E-state index in [4.69, 9.17) is 32.7 Å². The molecule has 0 aliphatic carbocycles. The largest absolute Gasteiger partial charge is 0.497 e. The molecule has 5 nitrogen and oxygen atoms in total. The molecular weight excluding hydrogens is 375 g/mol. The molecule has 7 heteroatoms. The highest BCUT2D eigenvalue weighted by Gasteiger charge is 2.22. The first kappa shape index (κ1) is 18.3. The van der Waals surface area contributed by atoms with E-state index in [0.717, 1.165) is 5.56 Å². The fourth-order valence-corrected chi connectivity index (χ4v) is 2.84. The molecule has 0 atom stereocenters. The Hall–Kier alpha value is -2.50. The zero-order valence-corrected chi connectivity index (χ0v) is 15.7. The van der Waals surface area contributed by atoms with Crippen molar-refractivity contribution in [2.75, 3.05) is 13.7 Å². The van der Waals surface area contributed by atoms with Gasteiger partial charge in [0.15, 0.2) is 5.69 Å². The van der Waals surface area contributed by atoms with E-state index >= 15 is 0 Å². The standard InChI is InChI=1S/C19H16Cl2N2O3/c1-3-26-19(24)18-15(12-4-9-16(20)17(21)10-12)11-22-23(18)13-5-7-14(25-2)8-6-13/h4-11H,3H2,1-2H3. The summed E-state index contributed by atoms with van der Waals surface area (Å²) < 4.78 is 11.9. The van der Waals surface area contributed by atoms with E-state index in [2.05, 4.69) is 5.10 Å². The van der Waals surface area contributed by atoms with Crippen molar-refractivity contribution in [1.29, 1.82) is 0 Å². The molecule has 3 aromatic rings. The number of rotatable bonds is 5. The summed E-state index contributed by atoms with van der Waals surface area (Å²) in [7, 11) is 1.59. The maximum Gasteiger partial charge on any atom is 0.357 e. The SMILES string of the molecule is CCOC(=O)c1c(-c2ccc(Cl)c(Cl)c2)cnn1-c1ccc(OC)cc1. The molecule has 0 saturated carbocycles. The monoisotopic (exact) mass is 390 g/mol. The van der Waals surface area contributed by atoms with Crippen LogP contribution in [0.2, 0.25) is 10.0 Å². The molecule has 0 radical (unpaired) electrons. The molecule has 0 aliphatic rings. The highest BCUT2D eigenvalue weighted by Crippen LogP contribution is 2.32. The Morgan fingerprint density at radius 3 is 2.46 bits per heavy atom. The molecule has 0 N–H and O–H groups in total. The third kappa shape index (κ3) is 3.54. The number of hydrogen-bond donors (Lipinski definition) is 0. The number of nitrogens with zero attached hydrogens (tertiary/aromatic N) is 2. The first-order valence-electron chi connectivity index (χ1n) is 7.90. The Labute approximate surface area is 161 Å². The van der Waals surface area contributed by atoms with E-state index < -0.39 is 5.97 Å². The van der Waals surface area contributed by atoms with E-state index in [0.29, 0.717) is 32.7 Å². The summed E-state index contributed by atoms with van der Waals surface area (Å²) in [5.74, 6) is 0.241. The minimum atomic E-state index is -0.470. The van der Waals surface area contributed by atoms with Crippen LogP contribution in [0.15, 0.2) is 48.7 Å². The van der Waals surface area contributed by atoms with Crippen LogP contribution in [0.3, 0.4) is 0 Å². The van der Waals surface area contributed by atoms with Crippen molar-refractivity contribution < 1.29 is 14.3 Å². The Morgan fingerprint density at radius 2 is 1.85 bits per heavy atom. The molecule has 0 saturated heterocycles. The fourth-order valence-electron chi connectivity index (χ4n) is 2.54. The Balaban J connectivity index is 2.14. The molecular formula is C19H16Cl2N2O3. The maximum absolute atomic E-state index is 12.6. The van der Waals surface area contributed by atoms with Gasteiger partial charge in [-0.3, -0.25) is 0 Å². The lowest BCUT2D eigenvalue weighted by Gasteiger charge is -2.10. The molecule has 0 bridgehead atoms. The van der Waals surface area contributed by atoms with Gasteiger partial charge < -0.3 is 9.47 Å². The van der Waals surface area contributed by atoms with Crippen molar-refractivity contribution in [2.45, 2.75) is 6.92 Å². The first-order valence-corrected chi connectivity index (χ1v) is 8.65. The highest BCUT2D eigenvalue weighted by molar-refractivity contribution is 6.42. The van der Waals surface area contributed by atoms with Gasteiger partial charge in [-0.05, 0) is 48.9 Å². The van der Waals surface area contributed by atoms with Crippen molar-refractivity contribution in [2.24, 2.45) is 0 Å². The quantitative estimate of drug-likeness (QED) is 0.573. The number of methoxy groups -OCH3 is 1. The van der Waals surface area contributed by atoms with Crippen LogP contribution in [0.1, 0.15) is 17.4 Å². The molecule has 3 rings (SSSR count). The lowest BCUT2D eigenvalue weighted by Crippen LogP contribution is -2.13. The highest BCUT2D eigenvalue weighted by atomic mass is 35.5. The van der Waals surface area contributed by atoms with Crippen molar-refractivity contribution >= 4 is 29.2 Å². The summed E-state index contributed by atoms with van der Waals surface area (Å²) in [5, 5.41) is 5.21.